The van der Waals surface area contributed by atoms with Crippen molar-refractivity contribution in [3.63, 3.8) is 0 Å². The Kier molecular flexibility index (Phi) is 6.47. The van der Waals surface area contributed by atoms with Crippen LogP contribution in [0.4, 0.5) is 18.9 Å². The number of hydrogen-bond acceptors (Lipinski definition) is 5. The SMILES string of the molecule is O=C(c1ccnc(Cl)c1)c1ncc(Cl)cc1NS(=O)(=O)c1ccc(Cl)c(C(F)(F)F)c1. The minimum atomic E-state index is -4.87. The fraction of sp³-hybridized carbons (Fsp3) is 0.0556. The van der Waals surface area contributed by atoms with E-state index in [1.165, 1.54) is 18.3 Å². The molecule has 0 aliphatic rings. The van der Waals surface area contributed by atoms with E-state index < -0.39 is 37.5 Å². The highest BCUT2D eigenvalue weighted by Gasteiger charge is 2.34. The summed E-state index contributed by atoms with van der Waals surface area (Å²) in [5.74, 6) is -0.717. The Bertz CT molecular complexity index is 1280. The number of hydrogen-bond donors (Lipinski definition) is 1. The van der Waals surface area contributed by atoms with Crippen molar-refractivity contribution < 1.29 is 26.4 Å². The van der Waals surface area contributed by atoms with Crippen molar-refractivity contribution in [2.24, 2.45) is 0 Å². The van der Waals surface area contributed by atoms with E-state index in [9.17, 15) is 26.4 Å². The maximum absolute atomic E-state index is 13.1. The van der Waals surface area contributed by atoms with Gasteiger partial charge in [0.25, 0.3) is 10.0 Å². The van der Waals surface area contributed by atoms with Crippen molar-refractivity contribution in [1.29, 1.82) is 0 Å². The van der Waals surface area contributed by atoms with Gasteiger partial charge in [0.1, 0.15) is 10.8 Å². The van der Waals surface area contributed by atoms with Crippen molar-refractivity contribution in [3.05, 3.63) is 80.8 Å². The van der Waals surface area contributed by atoms with E-state index in [1.54, 1.807) is 0 Å². The molecule has 162 valence electrons. The van der Waals surface area contributed by atoms with Gasteiger partial charge in [0.05, 0.1) is 26.2 Å². The average molecular weight is 511 g/mol. The Balaban J connectivity index is 2.05. The zero-order chi connectivity index (χ0) is 23.0. The summed E-state index contributed by atoms with van der Waals surface area (Å²) < 4.78 is 66.8. The fourth-order valence-electron chi connectivity index (χ4n) is 2.47. The summed E-state index contributed by atoms with van der Waals surface area (Å²) in [5.41, 5.74) is -1.96. The predicted octanol–water partition coefficient (Wildman–Crippen LogP) is 5.49. The quantitative estimate of drug-likeness (QED) is 0.362. The number of rotatable bonds is 5. The maximum atomic E-state index is 13.1. The van der Waals surface area contributed by atoms with Crippen LogP contribution in [-0.2, 0) is 16.2 Å². The van der Waals surface area contributed by atoms with Crippen LogP contribution < -0.4 is 4.72 Å². The van der Waals surface area contributed by atoms with E-state index in [0.29, 0.717) is 6.07 Å². The topological polar surface area (TPSA) is 89.0 Å². The first-order valence-corrected chi connectivity index (χ1v) is 10.7. The number of carbonyl (C=O) groups excluding carboxylic acids is 1. The molecule has 0 aliphatic heterocycles. The zero-order valence-electron chi connectivity index (χ0n) is 14.9. The number of nitrogens with one attached hydrogen (secondary N) is 1. The van der Waals surface area contributed by atoms with Crippen LogP contribution in [0.5, 0.6) is 0 Å². The third-order valence-corrected chi connectivity index (χ3v) is 5.96. The second-order valence-corrected chi connectivity index (χ2v) is 8.90. The molecule has 3 aromatic rings. The molecular weight excluding hydrogens is 502 g/mol. The van der Waals surface area contributed by atoms with E-state index in [0.717, 1.165) is 24.4 Å². The molecule has 31 heavy (non-hydrogen) atoms. The summed E-state index contributed by atoms with van der Waals surface area (Å²) >= 11 is 17.2. The number of carbonyl (C=O) groups is 1. The Morgan fingerprint density at radius 1 is 1.00 bits per heavy atom. The molecule has 0 saturated heterocycles. The molecule has 1 N–H and O–H groups in total. The lowest BCUT2D eigenvalue weighted by Gasteiger charge is -2.14. The number of anilines is 1. The molecule has 1 aromatic carbocycles. The van der Waals surface area contributed by atoms with Crippen LogP contribution in [0, 0.1) is 0 Å². The fourth-order valence-corrected chi connectivity index (χ4v) is 4.11. The van der Waals surface area contributed by atoms with E-state index in [4.69, 9.17) is 34.8 Å². The van der Waals surface area contributed by atoms with Gasteiger partial charge in [0.15, 0.2) is 0 Å². The number of ketones is 1. The Morgan fingerprint density at radius 2 is 1.71 bits per heavy atom. The normalized spacial score (nSPS) is 11.9. The van der Waals surface area contributed by atoms with Crippen molar-refractivity contribution in [1.82, 2.24) is 9.97 Å². The van der Waals surface area contributed by atoms with Gasteiger partial charge in [0, 0.05) is 18.0 Å². The highest BCUT2D eigenvalue weighted by atomic mass is 35.5. The van der Waals surface area contributed by atoms with Crippen molar-refractivity contribution in [3.8, 4) is 0 Å². The molecule has 6 nitrogen and oxygen atoms in total. The Labute approximate surface area is 189 Å². The van der Waals surface area contributed by atoms with Gasteiger partial charge < -0.3 is 0 Å². The second-order valence-electron chi connectivity index (χ2n) is 5.99. The summed E-state index contributed by atoms with van der Waals surface area (Å²) in [5, 5.41) is -0.668. The first kappa shape index (κ1) is 23.3. The first-order chi connectivity index (χ1) is 14.4. The lowest BCUT2D eigenvalue weighted by Crippen LogP contribution is -2.18. The number of nitrogens with zero attached hydrogens (tertiary/aromatic N) is 2. The third kappa shape index (κ3) is 5.27. The van der Waals surface area contributed by atoms with Gasteiger partial charge in [-0.1, -0.05) is 34.8 Å². The summed E-state index contributed by atoms with van der Waals surface area (Å²) in [6.45, 7) is 0. The predicted molar refractivity (Wildman–Crippen MR) is 109 cm³/mol. The number of pyridine rings is 2. The van der Waals surface area contributed by atoms with Crippen molar-refractivity contribution in [2.45, 2.75) is 11.1 Å². The number of alkyl halides is 3. The molecule has 0 atom stereocenters. The van der Waals surface area contributed by atoms with Gasteiger partial charge in [-0.3, -0.25) is 9.52 Å². The van der Waals surface area contributed by atoms with E-state index >= 15 is 0 Å². The van der Waals surface area contributed by atoms with Crippen LogP contribution in [0.3, 0.4) is 0 Å². The second kappa shape index (κ2) is 8.62. The van der Waals surface area contributed by atoms with Crippen LogP contribution in [-0.4, -0.2) is 24.2 Å². The highest BCUT2D eigenvalue weighted by molar-refractivity contribution is 7.92. The molecule has 0 spiro atoms. The number of aromatic nitrogens is 2. The van der Waals surface area contributed by atoms with Crippen molar-refractivity contribution >= 4 is 56.3 Å². The molecule has 0 radical (unpaired) electrons. The molecule has 3 rings (SSSR count). The molecule has 2 heterocycles. The lowest BCUT2D eigenvalue weighted by atomic mass is 10.1. The first-order valence-electron chi connectivity index (χ1n) is 8.10. The van der Waals surface area contributed by atoms with Gasteiger partial charge in [-0.05, 0) is 36.4 Å². The summed E-state index contributed by atoms with van der Waals surface area (Å²) in [7, 11) is -4.57. The van der Waals surface area contributed by atoms with Gasteiger partial charge >= 0.3 is 6.18 Å². The summed E-state index contributed by atoms with van der Waals surface area (Å²) in [6, 6.07) is 5.75. The molecule has 0 unspecified atom stereocenters. The molecular formula is C18H9Cl3F3N3O3S. The molecule has 13 heteroatoms. The molecule has 0 amide bonds. The van der Waals surface area contributed by atoms with Gasteiger partial charge in [0.2, 0.25) is 5.78 Å². The van der Waals surface area contributed by atoms with Gasteiger partial charge in [-0.25, -0.2) is 18.4 Å². The molecule has 0 fully saturated rings. The lowest BCUT2D eigenvalue weighted by molar-refractivity contribution is -0.137. The maximum Gasteiger partial charge on any atom is 0.417 e. The molecule has 0 saturated carbocycles. The highest BCUT2D eigenvalue weighted by Crippen LogP contribution is 2.36. The Hall–Kier alpha value is -2.40. The summed E-state index contributed by atoms with van der Waals surface area (Å²) in [4.78, 5) is 19.7. The van der Waals surface area contributed by atoms with E-state index in [1.807, 2.05) is 0 Å². The average Bonchev–Trinajstić information content (AvgIpc) is 2.66. The van der Waals surface area contributed by atoms with Crippen LogP contribution in [0.15, 0.2) is 53.7 Å². The molecule has 0 bridgehead atoms. The summed E-state index contributed by atoms with van der Waals surface area (Å²) in [6.07, 6.45) is -2.50. The van der Waals surface area contributed by atoms with Crippen LogP contribution in [0.25, 0.3) is 0 Å². The van der Waals surface area contributed by atoms with E-state index in [-0.39, 0.29) is 27.1 Å². The van der Waals surface area contributed by atoms with Gasteiger partial charge in [-0.15, -0.1) is 0 Å². The molecule has 2 aromatic heterocycles. The van der Waals surface area contributed by atoms with Gasteiger partial charge in [-0.2, -0.15) is 13.2 Å². The number of benzene rings is 1. The smallest absolute Gasteiger partial charge is 0.287 e. The third-order valence-electron chi connectivity index (χ3n) is 3.86. The monoisotopic (exact) mass is 509 g/mol. The van der Waals surface area contributed by atoms with Crippen LogP contribution in [0.1, 0.15) is 21.6 Å². The van der Waals surface area contributed by atoms with Crippen LogP contribution >= 0.6 is 34.8 Å². The number of sulfonamides is 1. The minimum absolute atomic E-state index is 0.0165. The zero-order valence-corrected chi connectivity index (χ0v) is 18.0. The number of halogens is 6. The standard InChI is InChI=1S/C18H9Cl3F3N3O3S/c19-10-6-14(16(26-8-10)17(28)9-3-4-25-15(21)5-9)27-31(29,30)11-1-2-13(20)12(7-11)18(22,23)24/h1-8,27H. The minimum Gasteiger partial charge on any atom is -0.287 e. The Morgan fingerprint density at radius 3 is 2.35 bits per heavy atom. The van der Waals surface area contributed by atoms with Crippen molar-refractivity contribution in [2.75, 3.05) is 4.72 Å². The molecule has 0 aliphatic carbocycles. The largest absolute Gasteiger partial charge is 0.417 e. The van der Waals surface area contributed by atoms with Crippen LogP contribution in [0.2, 0.25) is 15.2 Å². The van der Waals surface area contributed by atoms with E-state index in [2.05, 4.69) is 14.7 Å².